The van der Waals surface area contributed by atoms with Gasteiger partial charge in [-0.3, -0.25) is 14.2 Å². The molecular weight excluding hydrogens is 390 g/mol. The van der Waals surface area contributed by atoms with E-state index in [2.05, 4.69) is 32.2 Å². The predicted octanol–water partition coefficient (Wildman–Crippen LogP) is 2.64. The second-order valence-electron chi connectivity index (χ2n) is 4.99. The number of nitrogens with zero attached hydrogens (tertiary/aromatic N) is 2. The number of rotatable bonds is 4. The average Bonchev–Trinajstić information content (AvgIpc) is 3.01. The third-order valence-corrected chi connectivity index (χ3v) is 4.83. The fourth-order valence-electron chi connectivity index (χ4n) is 2.28. The standard InChI is InChI=1S/C17H12BrN3O2S/c1-2-7-19-14(22)8-21-10-20-16-15(17(21)23)13(9-24-16)11-3-5-12(18)6-4-11/h1,3-6,9-10H,7-8H2,(H,19,22). The molecule has 0 fully saturated rings. The molecule has 1 aromatic carbocycles. The smallest absolute Gasteiger partial charge is 0.263 e. The Bertz CT molecular complexity index is 999. The summed E-state index contributed by atoms with van der Waals surface area (Å²) in [7, 11) is 0. The normalized spacial score (nSPS) is 10.5. The first-order valence-corrected chi connectivity index (χ1v) is 8.70. The van der Waals surface area contributed by atoms with Gasteiger partial charge in [0, 0.05) is 15.4 Å². The molecule has 0 bridgehead atoms. The molecule has 0 saturated carbocycles. The molecule has 0 saturated heterocycles. The Labute approximate surface area is 150 Å². The Morgan fingerprint density at radius 3 is 2.83 bits per heavy atom. The van der Waals surface area contributed by atoms with E-state index in [1.165, 1.54) is 22.2 Å². The van der Waals surface area contributed by atoms with E-state index in [-0.39, 0.29) is 24.6 Å². The summed E-state index contributed by atoms with van der Waals surface area (Å²) in [5.41, 5.74) is 1.51. The fourth-order valence-corrected chi connectivity index (χ4v) is 3.45. The number of hydrogen-bond acceptors (Lipinski definition) is 4. The minimum absolute atomic E-state index is 0.112. The highest BCUT2D eigenvalue weighted by molar-refractivity contribution is 9.10. The predicted molar refractivity (Wildman–Crippen MR) is 98.9 cm³/mol. The van der Waals surface area contributed by atoms with Gasteiger partial charge in [-0.15, -0.1) is 17.8 Å². The highest BCUT2D eigenvalue weighted by Crippen LogP contribution is 2.31. The first-order chi connectivity index (χ1) is 11.6. The average molecular weight is 402 g/mol. The van der Waals surface area contributed by atoms with E-state index in [9.17, 15) is 9.59 Å². The molecule has 0 aliphatic heterocycles. The molecule has 0 unspecified atom stereocenters. The van der Waals surface area contributed by atoms with Gasteiger partial charge in [-0.2, -0.15) is 0 Å². The number of halogens is 1. The molecule has 1 amide bonds. The number of terminal acetylenes is 1. The lowest BCUT2D eigenvalue weighted by Gasteiger charge is -2.06. The summed E-state index contributed by atoms with van der Waals surface area (Å²) in [5, 5.41) is 4.97. The van der Waals surface area contributed by atoms with E-state index < -0.39 is 0 Å². The molecule has 0 spiro atoms. The zero-order chi connectivity index (χ0) is 17.1. The number of fused-ring (bicyclic) bond motifs is 1. The van der Waals surface area contributed by atoms with Gasteiger partial charge in [0.1, 0.15) is 11.4 Å². The van der Waals surface area contributed by atoms with Gasteiger partial charge in [-0.1, -0.05) is 34.0 Å². The Kier molecular flexibility index (Phi) is 4.79. The number of aromatic nitrogens is 2. The van der Waals surface area contributed by atoms with Crippen molar-refractivity contribution in [3.8, 4) is 23.5 Å². The molecule has 7 heteroatoms. The van der Waals surface area contributed by atoms with Crippen LogP contribution in [0.3, 0.4) is 0 Å². The van der Waals surface area contributed by atoms with Crippen molar-refractivity contribution in [1.82, 2.24) is 14.9 Å². The monoisotopic (exact) mass is 401 g/mol. The second kappa shape index (κ2) is 6.99. The number of amides is 1. The van der Waals surface area contributed by atoms with Crippen LogP contribution in [0.2, 0.25) is 0 Å². The van der Waals surface area contributed by atoms with Crippen molar-refractivity contribution >= 4 is 43.4 Å². The van der Waals surface area contributed by atoms with Crippen LogP contribution in [0.15, 0.2) is 45.2 Å². The van der Waals surface area contributed by atoms with Gasteiger partial charge >= 0.3 is 0 Å². The van der Waals surface area contributed by atoms with Crippen molar-refractivity contribution in [2.45, 2.75) is 6.54 Å². The molecule has 3 rings (SSSR count). The maximum atomic E-state index is 12.8. The van der Waals surface area contributed by atoms with Gasteiger partial charge in [0.2, 0.25) is 5.91 Å². The summed E-state index contributed by atoms with van der Waals surface area (Å²) in [4.78, 5) is 29.5. The molecule has 5 nitrogen and oxygen atoms in total. The minimum Gasteiger partial charge on any atom is -0.344 e. The van der Waals surface area contributed by atoms with Gasteiger partial charge in [0.25, 0.3) is 5.56 Å². The van der Waals surface area contributed by atoms with Crippen LogP contribution in [0, 0.1) is 12.3 Å². The molecular formula is C17H12BrN3O2S. The van der Waals surface area contributed by atoms with Crippen LogP contribution in [0.4, 0.5) is 0 Å². The number of carbonyl (C=O) groups excluding carboxylic acids is 1. The van der Waals surface area contributed by atoms with Crippen molar-refractivity contribution < 1.29 is 4.79 Å². The summed E-state index contributed by atoms with van der Waals surface area (Å²) in [5.74, 6) is 2.00. The lowest BCUT2D eigenvalue weighted by atomic mass is 10.1. The topological polar surface area (TPSA) is 64.0 Å². The molecule has 2 aromatic heterocycles. The Hall–Kier alpha value is -2.43. The van der Waals surface area contributed by atoms with E-state index in [0.29, 0.717) is 10.2 Å². The molecule has 0 radical (unpaired) electrons. The molecule has 24 heavy (non-hydrogen) atoms. The minimum atomic E-state index is -0.323. The Morgan fingerprint density at radius 2 is 2.12 bits per heavy atom. The first kappa shape index (κ1) is 16.4. The largest absolute Gasteiger partial charge is 0.344 e. The van der Waals surface area contributed by atoms with Crippen molar-refractivity contribution in [2.75, 3.05) is 6.54 Å². The van der Waals surface area contributed by atoms with Gasteiger partial charge in [0.05, 0.1) is 18.3 Å². The van der Waals surface area contributed by atoms with Crippen LogP contribution in [-0.4, -0.2) is 22.0 Å². The van der Waals surface area contributed by atoms with E-state index in [4.69, 9.17) is 6.42 Å². The zero-order valence-corrected chi connectivity index (χ0v) is 14.9. The third-order valence-electron chi connectivity index (χ3n) is 3.42. The zero-order valence-electron chi connectivity index (χ0n) is 12.5. The van der Waals surface area contributed by atoms with Gasteiger partial charge in [-0.25, -0.2) is 4.98 Å². The molecule has 0 aliphatic rings. The fraction of sp³-hybridized carbons (Fsp3) is 0.118. The van der Waals surface area contributed by atoms with Gasteiger partial charge in [-0.05, 0) is 17.7 Å². The number of benzene rings is 1. The Balaban J connectivity index is 2.03. The molecule has 0 aliphatic carbocycles. The van der Waals surface area contributed by atoms with E-state index in [1.54, 1.807) is 0 Å². The third kappa shape index (κ3) is 3.25. The van der Waals surface area contributed by atoms with Gasteiger partial charge < -0.3 is 5.32 Å². The van der Waals surface area contributed by atoms with Crippen LogP contribution in [0.25, 0.3) is 21.3 Å². The molecule has 0 atom stereocenters. The van der Waals surface area contributed by atoms with Crippen molar-refractivity contribution in [3.63, 3.8) is 0 Å². The molecule has 120 valence electrons. The van der Waals surface area contributed by atoms with Crippen molar-refractivity contribution in [1.29, 1.82) is 0 Å². The number of nitrogens with one attached hydrogen (secondary N) is 1. The van der Waals surface area contributed by atoms with E-state index >= 15 is 0 Å². The van der Waals surface area contributed by atoms with Crippen LogP contribution < -0.4 is 10.9 Å². The Morgan fingerprint density at radius 1 is 1.38 bits per heavy atom. The van der Waals surface area contributed by atoms with Crippen molar-refractivity contribution in [2.24, 2.45) is 0 Å². The molecule has 3 aromatic rings. The quantitative estimate of drug-likeness (QED) is 0.683. The van der Waals surface area contributed by atoms with E-state index in [0.717, 1.165) is 15.6 Å². The lowest BCUT2D eigenvalue weighted by Crippen LogP contribution is -2.32. The summed E-state index contributed by atoms with van der Waals surface area (Å²) in [6.07, 6.45) is 6.50. The summed E-state index contributed by atoms with van der Waals surface area (Å²) < 4.78 is 2.26. The number of hydrogen-bond donors (Lipinski definition) is 1. The lowest BCUT2D eigenvalue weighted by molar-refractivity contribution is -0.121. The maximum Gasteiger partial charge on any atom is 0.263 e. The van der Waals surface area contributed by atoms with Crippen LogP contribution in [0.5, 0.6) is 0 Å². The van der Waals surface area contributed by atoms with E-state index in [1.807, 2.05) is 29.6 Å². The summed E-state index contributed by atoms with van der Waals surface area (Å²) >= 11 is 4.80. The number of carbonyl (C=O) groups is 1. The van der Waals surface area contributed by atoms with Crippen LogP contribution >= 0.6 is 27.3 Å². The van der Waals surface area contributed by atoms with Crippen LogP contribution in [-0.2, 0) is 11.3 Å². The van der Waals surface area contributed by atoms with Crippen LogP contribution in [0.1, 0.15) is 0 Å². The second-order valence-corrected chi connectivity index (χ2v) is 6.77. The van der Waals surface area contributed by atoms with Crippen molar-refractivity contribution in [3.05, 3.63) is 50.8 Å². The van der Waals surface area contributed by atoms with Gasteiger partial charge in [0.15, 0.2) is 0 Å². The SMILES string of the molecule is C#CCNC(=O)Cn1cnc2scc(-c3ccc(Br)cc3)c2c1=O. The summed E-state index contributed by atoms with van der Waals surface area (Å²) in [6.45, 7) is 0.0188. The molecule has 1 N–H and O–H groups in total. The maximum absolute atomic E-state index is 12.8. The highest BCUT2D eigenvalue weighted by Gasteiger charge is 2.14. The first-order valence-electron chi connectivity index (χ1n) is 7.03. The highest BCUT2D eigenvalue weighted by atomic mass is 79.9. The molecule has 2 heterocycles. The summed E-state index contributed by atoms with van der Waals surface area (Å²) in [6, 6.07) is 7.70. The number of thiophene rings is 1.